The molecule has 2 atom stereocenters. The quantitative estimate of drug-likeness (QED) is 0.907. The highest BCUT2D eigenvalue weighted by Crippen LogP contribution is 2.31. The van der Waals surface area contributed by atoms with Gasteiger partial charge in [-0.3, -0.25) is 0 Å². The van der Waals surface area contributed by atoms with Gasteiger partial charge in [-0.1, -0.05) is 12.5 Å². The van der Waals surface area contributed by atoms with E-state index >= 15 is 0 Å². The van der Waals surface area contributed by atoms with Crippen molar-refractivity contribution in [3.8, 4) is 0 Å². The van der Waals surface area contributed by atoms with Gasteiger partial charge in [-0.25, -0.2) is 4.52 Å². The monoisotopic (exact) mass is 259 g/mol. The van der Waals surface area contributed by atoms with Gasteiger partial charge >= 0.3 is 0 Å². The van der Waals surface area contributed by atoms with E-state index in [1.54, 1.807) is 0 Å². The number of pyridine rings is 1. The Bertz CT molecular complexity index is 517. The van der Waals surface area contributed by atoms with E-state index in [0.717, 1.165) is 24.7 Å². The van der Waals surface area contributed by atoms with Crippen LogP contribution in [0.2, 0.25) is 0 Å². The van der Waals surface area contributed by atoms with Crippen LogP contribution in [0, 0.1) is 5.92 Å². The normalized spacial score (nSPS) is 23.1. The molecule has 1 aliphatic carbocycles. The van der Waals surface area contributed by atoms with Gasteiger partial charge < -0.3 is 10.6 Å². The molecule has 1 saturated carbocycles. The minimum atomic E-state index is 0.493. The summed E-state index contributed by atoms with van der Waals surface area (Å²) in [5, 5.41) is 4.59. The lowest BCUT2D eigenvalue weighted by Gasteiger charge is -2.30. The summed E-state index contributed by atoms with van der Waals surface area (Å²) in [6.07, 6.45) is 5.63. The van der Waals surface area contributed by atoms with Crippen molar-refractivity contribution in [2.75, 3.05) is 18.0 Å². The van der Waals surface area contributed by atoms with Crippen LogP contribution in [-0.2, 0) is 0 Å². The van der Waals surface area contributed by atoms with Crippen molar-refractivity contribution in [2.24, 2.45) is 11.7 Å². The Morgan fingerprint density at radius 3 is 3.05 bits per heavy atom. The second kappa shape index (κ2) is 5.17. The van der Waals surface area contributed by atoms with Crippen molar-refractivity contribution in [3.05, 3.63) is 24.4 Å². The average molecular weight is 259 g/mol. The molecule has 0 amide bonds. The summed E-state index contributed by atoms with van der Waals surface area (Å²) < 4.78 is 1.84. The zero-order valence-electron chi connectivity index (χ0n) is 11.4. The number of rotatable bonds is 4. The topological polar surface area (TPSA) is 59.5 Å². The maximum Gasteiger partial charge on any atom is 0.245 e. The highest BCUT2D eigenvalue weighted by molar-refractivity contribution is 5.45. The van der Waals surface area contributed by atoms with E-state index in [1.807, 2.05) is 28.9 Å². The van der Waals surface area contributed by atoms with Crippen LogP contribution in [0.1, 0.15) is 26.2 Å². The van der Waals surface area contributed by atoms with E-state index in [0.29, 0.717) is 12.0 Å². The third-order valence-corrected chi connectivity index (χ3v) is 4.15. The van der Waals surface area contributed by atoms with Gasteiger partial charge in [0.2, 0.25) is 5.95 Å². The molecule has 3 rings (SSSR count). The maximum atomic E-state index is 5.90. The second-order valence-corrected chi connectivity index (χ2v) is 5.20. The molecule has 0 spiro atoms. The van der Waals surface area contributed by atoms with Crippen LogP contribution in [0.15, 0.2) is 24.4 Å². The Balaban J connectivity index is 1.93. The zero-order chi connectivity index (χ0) is 13.2. The van der Waals surface area contributed by atoms with Crippen molar-refractivity contribution in [3.63, 3.8) is 0 Å². The van der Waals surface area contributed by atoms with Crippen LogP contribution in [-0.4, -0.2) is 33.7 Å². The minimum absolute atomic E-state index is 0.493. The molecule has 5 heteroatoms. The van der Waals surface area contributed by atoms with Crippen molar-refractivity contribution in [1.82, 2.24) is 14.6 Å². The molecular formula is C14H21N5. The molecule has 0 saturated heterocycles. The Kier molecular flexibility index (Phi) is 3.38. The Hall–Kier alpha value is -1.62. The standard InChI is InChI=1S/C14H21N5/c1-2-18(12-7-5-6-11(12)10-15)14-16-13-8-3-4-9-19(13)17-14/h3-4,8-9,11-12H,2,5-7,10,15H2,1H3. The largest absolute Gasteiger partial charge is 0.336 e. The molecule has 2 unspecified atom stereocenters. The van der Waals surface area contributed by atoms with Gasteiger partial charge in [0.1, 0.15) is 0 Å². The zero-order valence-corrected chi connectivity index (χ0v) is 11.4. The van der Waals surface area contributed by atoms with Gasteiger partial charge in [-0.15, -0.1) is 5.10 Å². The Morgan fingerprint density at radius 2 is 2.32 bits per heavy atom. The van der Waals surface area contributed by atoms with Crippen LogP contribution < -0.4 is 10.6 Å². The predicted molar refractivity (Wildman–Crippen MR) is 76.2 cm³/mol. The third-order valence-electron chi connectivity index (χ3n) is 4.15. The molecule has 2 N–H and O–H groups in total. The highest BCUT2D eigenvalue weighted by atomic mass is 15.4. The first-order chi connectivity index (χ1) is 9.33. The fraction of sp³-hybridized carbons (Fsp3) is 0.571. The van der Waals surface area contributed by atoms with Crippen molar-refractivity contribution < 1.29 is 0 Å². The lowest BCUT2D eigenvalue weighted by Crippen LogP contribution is -2.41. The highest BCUT2D eigenvalue weighted by Gasteiger charge is 2.32. The molecule has 2 aromatic heterocycles. The van der Waals surface area contributed by atoms with E-state index < -0.39 is 0 Å². The Labute approximate surface area is 113 Å². The Morgan fingerprint density at radius 1 is 1.42 bits per heavy atom. The summed E-state index contributed by atoms with van der Waals surface area (Å²) in [5.74, 6) is 1.41. The fourth-order valence-corrected chi connectivity index (χ4v) is 3.17. The summed E-state index contributed by atoms with van der Waals surface area (Å²) in [4.78, 5) is 6.95. The molecule has 1 aliphatic rings. The number of hydrogen-bond donors (Lipinski definition) is 1. The molecule has 2 heterocycles. The number of hydrogen-bond acceptors (Lipinski definition) is 4. The van der Waals surface area contributed by atoms with Crippen LogP contribution in [0.25, 0.3) is 5.65 Å². The molecule has 0 bridgehead atoms. The lowest BCUT2D eigenvalue weighted by molar-refractivity contribution is 0.456. The first-order valence-electron chi connectivity index (χ1n) is 7.11. The van der Waals surface area contributed by atoms with Gasteiger partial charge in [0.05, 0.1) is 0 Å². The number of anilines is 1. The fourth-order valence-electron chi connectivity index (χ4n) is 3.17. The van der Waals surface area contributed by atoms with Crippen LogP contribution in [0.5, 0.6) is 0 Å². The van der Waals surface area contributed by atoms with Gasteiger partial charge in [-0.2, -0.15) is 4.98 Å². The van der Waals surface area contributed by atoms with Crippen LogP contribution >= 0.6 is 0 Å². The predicted octanol–water partition coefficient (Wildman–Crippen LogP) is 1.68. The van der Waals surface area contributed by atoms with E-state index in [4.69, 9.17) is 5.73 Å². The molecule has 1 fully saturated rings. The first-order valence-corrected chi connectivity index (χ1v) is 7.11. The molecule has 5 nitrogen and oxygen atoms in total. The summed E-state index contributed by atoms with van der Waals surface area (Å²) in [6.45, 7) is 3.85. The SMILES string of the molecule is CCN(c1nc2ccccn2n1)C1CCCC1CN. The molecule has 0 aliphatic heterocycles. The van der Waals surface area contributed by atoms with Gasteiger partial charge in [0.15, 0.2) is 5.65 Å². The number of fused-ring (bicyclic) bond motifs is 1. The van der Waals surface area contributed by atoms with Crippen LogP contribution in [0.4, 0.5) is 5.95 Å². The number of nitrogens with two attached hydrogens (primary N) is 1. The second-order valence-electron chi connectivity index (χ2n) is 5.20. The first kappa shape index (κ1) is 12.4. The summed E-state index contributed by atoms with van der Waals surface area (Å²) in [6, 6.07) is 6.44. The molecular weight excluding hydrogens is 238 g/mol. The van der Waals surface area contributed by atoms with Crippen molar-refractivity contribution in [2.45, 2.75) is 32.2 Å². The third kappa shape index (κ3) is 2.18. The molecule has 0 radical (unpaired) electrons. The van der Waals surface area contributed by atoms with E-state index in [-0.39, 0.29) is 0 Å². The van der Waals surface area contributed by atoms with Crippen LogP contribution in [0.3, 0.4) is 0 Å². The summed E-state index contributed by atoms with van der Waals surface area (Å²) in [7, 11) is 0. The lowest BCUT2D eigenvalue weighted by atomic mass is 10.0. The van der Waals surface area contributed by atoms with E-state index in [1.165, 1.54) is 19.3 Å². The molecule has 0 aromatic carbocycles. The average Bonchev–Trinajstić information content (AvgIpc) is 3.05. The van der Waals surface area contributed by atoms with Gasteiger partial charge in [-0.05, 0) is 44.4 Å². The van der Waals surface area contributed by atoms with Crippen molar-refractivity contribution in [1.29, 1.82) is 0 Å². The number of aromatic nitrogens is 3. The van der Waals surface area contributed by atoms with E-state index in [2.05, 4.69) is 21.9 Å². The molecule has 19 heavy (non-hydrogen) atoms. The molecule has 2 aromatic rings. The maximum absolute atomic E-state index is 5.90. The van der Waals surface area contributed by atoms with Crippen molar-refractivity contribution >= 4 is 11.6 Å². The van der Waals surface area contributed by atoms with E-state index in [9.17, 15) is 0 Å². The van der Waals surface area contributed by atoms with Gasteiger partial charge in [0.25, 0.3) is 0 Å². The minimum Gasteiger partial charge on any atom is -0.336 e. The molecule has 102 valence electrons. The summed E-state index contributed by atoms with van der Waals surface area (Å²) >= 11 is 0. The smallest absolute Gasteiger partial charge is 0.245 e. The van der Waals surface area contributed by atoms with Gasteiger partial charge in [0, 0.05) is 18.8 Å². The number of nitrogens with zero attached hydrogens (tertiary/aromatic N) is 4. The summed E-state index contributed by atoms with van der Waals surface area (Å²) in [5.41, 5.74) is 6.80.